The molecule has 2 aromatic rings. The number of aliphatic carboxylic acids is 1. The van der Waals surface area contributed by atoms with Crippen LogP contribution in [-0.4, -0.2) is 23.3 Å². The maximum Gasteiger partial charge on any atom is 0.307 e. The fraction of sp³-hybridized carbons (Fsp3) is 0.133. The summed E-state index contributed by atoms with van der Waals surface area (Å²) in [6.07, 6.45) is -0.0882. The highest BCUT2D eigenvalue weighted by atomic mass is 16.5. The SMILES string of the molecule is COc1c(CC(=O)O)cccc1-c1ccc(O)cc1. The van der Waals surface area contributed by atoms with Crippen molar-refractivity contribution in [2.75, 3.05) is 7.11 Å². The van der Waals surface area contributed by atoms with E-state index in [0.717, 1.165) is 11.1 Å². The lowest BCUT2D eigenvalue weighted by atomic mass is 10.00. The van der Waals surface area contributed by atoms with E-state index < -0.39 is 5.97 Å². The zero-order valence-electron chi connectivity index (χ0n) is 10.5. The van der Waals surface area contributed by atoms with Crippen molar-refractivity contribution in [2.45, 2.75) is 6.42 Å². The van der Waals surface area contributed by atoms with Gasteiger partial charge in [0.25, 0.3) is 0 Å². The zero-order chi connectivity index (χ0) is 13.8. The standard InChI is InChI=1S/C15H14O4/c1-19-15-11(9-14(17)18)3-2-4-13(15)10-5-7-12(16)8-6-10/h2-8,16H,9H2,1H3,(H,17,18). The summed E-state index contributed by atoms with van der Waals surface area (Å²) in [5.74, 6) is -0.166. The summed E-state index contributed by atoms with van der Waals surface area (Å²) < 4.78 is 5.34. The first kappa shape index (κ1) is 13.0. The molecule has 98 valence electrons. The topological polar surface area (TPSA) is 66.8 Å². The van der Waals surface area contributed by atoms with Crippen molar-refractivity contribution in [3.8, 4) is 22.6 Å². The molecule has 2 aromatic carbocycles. The fourth-order valence-electron chi connectivity index (χ4n) is 2.00. The highest BCUT2D eigenvalue weighted by molar-refractivity contribution is 5.77. The molecule has 19 heavy (non-hydrogen) atoms. The van der Waals surface area contributed by atoms with Gasteiger partial charge in [-0.05, 0) is 17.7 Å². The van der Waals surface area contributed by atoms with Crippen LogP contribution in [0.3, 0.4) is 0 Å². The van der Waals surface area contributed by atoms with Crippen molar-refractivity contribution in [2.24, 2.45) is 0 Å². The average molecular weight is 258 g/mol. The lowest BCUT2D eigenvalue weighted by Gasteiger charge is -2.12. The Kier molecular flexibility index (Phi) is 3.71. The Morgan fingerprint density at radius 1 is 1.16 bits per heavy atom. The predicted octanol–water partition coefficient (Wildman–Crippen LogP) is 2.69. The van der Waals surface area contributed by atoms with Crippen LogP contribution in [0.1, 0.15) is 5.56 Å². The minimum atomic E-state index is -0.902. The van der Waals surface area contributed by atoms with Gasteiger partial charge in [0.05, 0.1) is 13.5 Å². The Balaban J connectivity index is 2.50. The Bertz CT molecular complexity index is 588. The van der Waals surface area contributed by atoms with Crippen LogP contribution in [0, 0.1) is 0 Å². The molecule has 2 N–H and O–H groups in total. The first-order valence-electron chi connectivity index (χ1n) is 5.79. The van der Waals surface area contributed by atoms with Gasteiger partial charge in [0.15, 0.2) is 0 Å². The number of aromatic hydroxyl groups is 1. The molecule has 2 rings (SSSR count). The number of phenolic OH excluding ortho intramolecular Hbond substituents is 1. The van der Waals surface area contributed by atoms with Gasteiger partial charge in [0.2, 0.25) is 0 Å². The molecule has 0 heterocycles. The van der Waals surface area contributed by atoms with Gasteiger partial charge < -0.3 is 14.9 Å². The van der Waals surface area contributed by atoms with Gasteiger partial charge >= 0.3 is 5.97 Å². The smallest absolute Gasteiger partial charge is 0.307 e. The lowest BCUT2D eigenvalue weighted by molar-refractivity contribution is -0.136. The predicted molar refractivity (Wildman–Crippen MR) is 71.4 cm³/mol. The maximum absolute atomic E-state index is 10.8. The van der Waals surface area contributed by atoms with Crippen LogP contribution < -0.4 is 4.74 Å². The Labute approximate surface area is 110 Å². The van der Waals surface area contributed by atoms with Crippen molar-refractivity contribution in [3.05, 3.63) is 48.0 Å². The minimum Gasteiger partial charge on any atom is -0.508 e. The number of carbonyl (C=O) groups is 1. The number of phenols is 1. The third-order valence-corrected chi connectivity index (χ3v) is 2.82. The number of para-hydroxylation sites is 1. The summed E-state index contributed by atoms with van der Waals surface area (Å²) in [6, 6.07) is 12.1. The molecule has 4 heteroatoms. The molecule has 0 radical (unpaired) electrons. The third kappa shape index (κ3) is 2.85. The third-order valence-electron chi connectivity index (χ3n) is 2.82. The number of methoxy groups -OCH3 is 1. The summed E-state index contributed by atoms with van der Waals surface area (Å²) in [5, 5.41) is 18.2. The summed E-state index contributed by atoms with van der Waals surface area (Å²) in [7, 11) is 1.52. The van der Waals surface area contributed by atoms with Crippen molar-refractivity contribution in [3.63, 3.8) is 0 Å². The van der Waals surface area contributed by atoms with Crippen molar-refractivity contribution >= 4 is 5.97 Å². The number of hydrogen-bond donors (Lipinski definition) is 2. The van der Waals surface area contributed by atoms with Crippen LogP contribution in [-0.2, 0) is 11.2 Å². The van der Waals surface area contributed by atoms with Crippen LogP contribution in [0.4, 0.5) is 0 Å². The number of benzene rings is 2. The number of hydrogen-bond acceptors (Lipinski definition) is 3. The molecule has 0 aliphatic heterocycles. The summed E-state index contributed by atoms with van der Waals surface area (Å²) >= 11 is 0. The molecule has 0 unspecified atom stereocenters. The van der Waals surface area contributed by atoms with Gasteiger partial charge in [-0.2, -0.15) is 0 Å². The maximum atomic E-state index is 10.8. The van der Waals surface area contributed by atoms with Gasteiger partial charge in [-0.25, -0.2) is 0 Å². The van der Waals surface area contributed by atoms with E-state index in [0.29, 0.717) is 11.3 Å². The molecule has 0 saturated heterocycles. The molecule has 0 fully saturated rings. The normalized spacial score (nSPS) is 10.2. The van der Waals surface area contributed by atoms with Crippen LogP contribution in [0.5, 0.6) is 11.5 Å². The van der Waals surface area contributed by atoms with Crippen LogP contribution in [0.15, 0.2) is 42.5 Å². The zero-order valence-corrected chi connectivity index (χ0v) is 10.5. The molecule has 0 amide bonds. The molecule has 4 nitrogen and oxygen atoms in total. The Hall–Kier alpha value is -2.49. The molecule has 0 atom stereocenters. The molecular weight excluding hydrogens is 244 g/mol. The molecule has 0 spiro atoms. The lowest BCUT2D eigenvalue weighted by Crippen LogP contribution is -2.03. The van der Waals surface area contributed by atoms with E-state index in [1.165, 1.54) is 7.11 Å². The molecule has 0 aromatic heterocycles. The fourth-order valence-corrected chi connectivity index (χ4v) is 2.00. The number of rotatable bonds is 4. The second-order valence-electron chi connectivity index (χ2n) is 4.12. The molecule has 0 aliphatic carbocycles. The van der Waals surface area contributed by atoms with Crippen LogP contribution >= 0.6 is 0 Å². The van der Waals surface area contributed by atoms with E-state index in [-0.39, 0.29) is 12.2 Å². The van der Waals surface area contributed by atoms with E-state index in [1.54, 1.807) is 36.4 Å². The monoisotopic (exact) mass is 258 g/mol. The first-order chi connectivity index (χ1) is 9.11. The molecule has 0 aliphatic rings. The summed E-state index contributed by atoms with van der Waals surface area (Å²) in [5.41, 5.74) is 2.30. The summed E-state index contributed by atoms with van der Waals surface area (Å²) in [6.45, 7) is 0. The second-order valence-corrected chi connectivity index (χ2v) is 4.12. The van der Waals surface area contributed by atoms with Gasteiger partial charge in [-0.1, -0.05) is 30.3 Å². The van der Waals surface area contributed by atoms with Crippen molar-refractivity contribution in [1.29, 1.82) is 0 Å². The van der Waals surface area contributed by atoms with Crippen molar-refractivity contribution in [1.82, 2.24) is 0 Å². The molecule has 0 bridgehead atoms. The minimum absolute atomic E-state index is 0.0882. The highest BCUT2D eigenvalue weighted by Crippen LogP contribution is 2.34. The first-order valence-corrected chi connectivity index (χ1v) is 5.79. The summed E-state index contributed by atoms with van der Waals surface area (Å²) in [4.78, 5) is 10.8. The van der Waals surface area contributed by atoms with E-state index in [4.69, 9.17) is 9.84 Å². The Morgan fingerprint density at radius 3 is 2.42 bits per heavy atom. The highest BCUT2D eigenvalue weighted by Gasteiger charge is 2.13. The average Bonchev–Trinajstić information content (AvgIpc) is 2.38. The molecular formula is C15H14O4. The number of carboxylic acid groups (broad SMARTS) is 1. The van der Waals surface area contributed by atoms with E-state index in [1.807, 2.05) is 6.07 Å². The van der Waals surface area contributed by atoms with Crippen molar-refractivity contribution < 1.29 is 19.7 Å². The molecule has 0 saturated carbocycles. The quantitative estimate of drug-likeness (QED) is 0.884. The van der Waals surface area contributed by atoms with Gasteiger partial charge in [0.1, 0.15) is 11.5 Å². The van der Waals surface area contributed by atoms with Crippen LogP contribution in [0.25, 0.3) is 11.1 Å². The number of ether oxygens (including phenoxy) is 1. The van der Waals surface area contributed by atoms with Gasteiger partial charge in [-0.15, -0.1) is 0 Å². The van der Waals surface area contributed by atoms with Crippen LogP contribution in [0.2, 0.25) is 0 Å². The van der Waals surface area contributed by atoms with Gasteiger partial charge in [-0.3, -0.25) is 4.79 Å². The Morgan fingerprint density at radius 2 is 1.84 bits per heavy atom. The van der Waals surface area contributed by atoms with E-state index in [9.17, 15) is 9.90 Å². The largest absolute Gasteiger partial charge is 0.508 e. The van der Waals surface area contributed by atoms with E-state index >= 15 is 0 Å². The van der Waals surface area contributed by atoms with Gasteiger partial charge in [0, 0.05) is 11.1 Å². The number of carboxylic acids is 1. The second kappa shape index (κ2) is 5.44. The van der Waals surface area contributed by atoms with E-state index in [2.05, 4.69) is 0 Å².